The maximum atomic E-state index is 5.42. The molecule has 0 aliphatic heterocycles. The molecule has 130 valence electrons. The second-order valence-electron chi connectivity index (χ2n) is 6.53. The van der Waals surface area contributed by atoms with Crippen molar-refractivity contribution in [2.45, 2.75) is 6.54 Å². The minimum atomic E-state index is 0.764. The zero-order valence-electron chi connectivity index (χ0n) is 14.7. The number of para-hydroxylation sites is 2. The highest BCUT2D eigenvalue weighted by molar-refractivity contribution is 5.86. The van der Waals surface area contributed by atoms with Gasteiger partial charge >= 0.3 is 0 Å². The average Bonchev–Trinajstić information content (AvgIpc) is 3.35. The number of benzene rings is 3. The molecule has 0 unspecified atom stereocenters. The minimum absolute atomic E-state index is 0.764. The quantitative estimate of drug-likeness (QED) is 0.398. The standard InChI is InChI=1S/C24H18N2O/c1-2-11-21-18(7-1)8-5-9-19(21)17-26-23-13-4-3-12-22(23)25-24(26)15-14-20-10-6-16-27-20/h1-16H,17H2. The average molecular weight is 350 g/mol. The fraction of sp³-hybridized carbons (Fsp3) is 0.0417. The molecular formula is C24H18N2O. The van der Waals surface area contributed by atoms with Crippen molar-refractivity contribution in [3.63, 3.8) is 0 Å². The Bertz CT molecular complexity index is 1240. The van der Waals surface area contributed by atoms with E-state index in [9.17, 15) is 0 Å². The molecule has 3 nitrogen and oxygen atoms in total. The molecule has 0 N–H and O–H groups in total. The van der Waals surface area contributed by atoms with E-state index < -0.39 is 0 Å². The van der Waals surface area contributed by atoms with E-state index in [-0.39, 0.29) is 0 Å². The number of nitrogens with zero attached hydrogens (tertiary/aromatic N) is 2. The van der Waals surface area contributed by atoms with Gasteiger partial charge in [-0.05, 0) is 52.8 Å². The highest BCUT2D eigenvalue weighted by Crippen LogP contribution is 2.24. The minimum Gasteiger partial charge on any atom is -0.465 e. The predicted molar refractivity (Wildman–Crippen MR) is 110 cm³/mol. The third kappa shape index (κ3) is 2.93. The van der Waals surface area contributed by atoms with Gasteiger partial charge in [0.05, 0.1) is 23.8 Å². The van der Waals surface area contributed by atoms with Crippen molar-refractivity contribution in [3.8, 4) is 0 Å². The van der Waals surface area contributed by atoms with Gasteiger partial charge in [-0.25, -0.2) is 4.98 Å². The number of rotatable bonds is 4. The van der Waals surface area contributed by atoms with E-state index >= 15 is 0 Å². The molecule has 3 heteroatoms. The van der Waals surface area contributed by atoms with Crippen LogP contribution in [0.1, 0.15) is 17.1 Å². The molecule has 0 aliphatic carbocycles. The first-order chi connectivity index (χ1) is 13.4. The third-order valence-corrected chi connectivity index (χ3v) is 4.83. The first kappa shape index (κ1) is 15.6. The molecule has 5 aromatic rings. The Kier molecular flexibility index (Phi) is 3.83. The van der Waals surface area contributed by atoms with Crippen molar-refractivity contribution in [2.24, 2.45) is 0 Å². The largest absolute Gasteiger partial charge is 0.465 e. The van der Waals surface area contributed by atoms with Crippen LogP contribution in [0.2, 0.25) is 0 Å². The molecule has 0 saturated carbocycles. The van der Waals surface area contributed by atoms with Crippen molar-refractivity contribution < 1.29 is 4.42 Å². The Morgan fingerprint density at radius 3 is 2.59 bits per heavy atom. The molecule has 0 aliphatic rings. The molecule has 0 fully saturated rings. The van der Waals surface area contributed by atoms with E-state index in [1.807, 2.05) is 30.4 Å². The summed E-state index contributed by atoms with van der Waals surface area (Å²) >= 11 is 0. The molecule has 3 aromatic carbocycles. The SMILES string of the molecule is C(=Cc1nc2ccccc2n1Cc1cccc2ccccc12)c1ccco1. The Morgan fingerprint density at radius 2 is 1.67 bits per heavy atom. The fourth-order valence-electron chi connectivity index (χ4n) is 3.53. The van der Waals surface area contributed by atoms with Crippen LogP contribution in [0, 0.1) is 0 Å². The zero-order chi connectivity index (χ0) is 18.1. The monoisotopic (exact) mass is 350 g/mol. The van der Waals surface area contributed by atoms with E-state index in [1.54, 1.807) is 6.26 Å². The first-order valence-corrected chi connectivity index (χ1v) is 9.02. The highest BCUT2D eigenvalue weighted by Gasteiger charge is 2.10. The lowest BCUT2D eigenvalue weighted by Crippen LogP contribution is -2.02. The summed E-state index contributed by atoms with van der Waals surface area (Å²) in [4.78, 5) is 4.82. The Hall–Kier alpha value is -3.59. The molecule has 0 radical (unpaired) electrons. The van der Waals surface area contributed by atoms with Crippen molar-refractivity contribution in [1.29, 1.82) is 0 Å². The third-order valence-electron chi connectivity index (χ3n) is 4.83. The van der Waals surface area contributed by atoms with Crippen molar-refractivity contribution in [3.05, 3.63) is 102 Å². The van der Waals surface area contributed by atoms with Gasteiger partial charge in [-0.15, -0.1) is 0 Å². The molecule has 0 atom stereocenters. The van der Waals surface area contributed by atoms with Crippen LogP contribution in [0.15, 0.2) is 89.5 Å². The van der Waals surface area contributed by atoms with Crippen LogP contribution in [-0.4, -0.2) is 9.55 Å². The Morgan fingerprint density at radius 1 is 0.815 bits per heavy atom. The second kappa shape index (κ2) is 6.61. The van der Waals surface area contributed by atoms with Gasteiger partial charge in [0.25, 0.3) is 0 Å². The summed E-state index contributed by atoms with van der Waals surface area (Å²) in [7, 11) is 0. The van der Waals surface area contributed by atoms with Crippen molar-refractivity contribution in [2.75, 3.05) is 0 Å². The number of hydrogen-bond donors (Lipinski definition) is 0. The molecule has 2 heterocycles. The molecule has 0 saturated heterocycles. The van der Waals surface area contributed by atoms with Gasteiger partial charge in [-0.2, -0.15) is 0 Å². The van der Waals surface area contributed by atoms with E-state index in [0.717, 1.165) is 29.2 Å². The summed E-state index contributed by atoms with van der Waals surface area (Å²) in [6.45, 7) is 0.764. The number of fused-ring (bicyclic) bond motifs is 2. The van der Waals surface area contributed by atoms with Crippen molar-refractivity contribution in [1.82, 2.24) is 9.55 Å². The van der Waals surface area contributed by atoms with Crippen LogP contribution in [0.25, 0.3) is 34.0 Å². The number of furan rings is 1. The van der Waals surface area contributed by atoms with Gasteiger partial charge in [0.2, 0.25) is 0 Å². The van der Waals surface area contributed by atoms with E-state index in [1.165, 1.54) is 16.3 Å². The highest BCUT2D eigenvalue weighted by atomic mass is 16.3. The van der Waals surface area contributed by atoms with Crippen LogP contribution in [0.4, 0.5) is 0 Å². The summed E-state index contributed by atoms with van der Waals surface area (Å²) in [6, 6.07) is 27.1. The fourth-order valence-corrected chi connectivity index (χ4v) is 3.53. The van der Waals surface area contributed by atoms with Gasteiger partial charge < -0.3 is 8.98 Å². The molecular weight excluding hydrogens is 332 g/mol. The zero-order valence-corrected chi connectivity index (χ0v) is 14.7. The number of imidazole rings is 1. The maximum Gasteiger partial charge on any atom is 0.134 e. The Balaban J connectivity index is 1.64. The predicted octanol–water partition coefficient (Wildman–Crippen LogP) is 6.00. The summed E-state index contributed by atoms with van der Waals surface area (Å²) < 4.78 is 7.68. The van der Waals surface area contributed by atoms with Crippen LogP contribution >= 0.6 is 0 Å². The topological polar surface area (TPSA) is 31.0 Å². The lowest BCUT2D eigenvalue weighted by molar-refractivity contribution is 0.557. The molecule has 0 amide bonds. The summed E-state index contributed by atoms with van der Waals surface area (Å²) in [5.74, 6) is 1.74. The Labute approximate surface area is 157 Å². The van der Waals surface area contributed by atoms with E-state index in [4.69, 9.17) is 9.40 Å². The van der Waals surface area contributed by atoms with Crippen LogP contribution in [0.3, 0.4) is 0 Å². The lowest BCUT2D eigenvalue weighted by Gasteiger charge is -2.10. The van der Waals surface area contributed by atoms with Crippen LogP contribution in [0.5, 0.6) is 0 Å². The summed E-state index contributed by atoms with van der Waals surface area (Å²) in [6.07, 6.45) is 5.66. The molecule has 0 bridgehead atoms. The van der Waals surface area contributed by atoms with Gasteiger partial charge in [0, 0.05) is 0 Å². The smallest absolute Gasteiger partial charge is 0.134 e. The number of aromatic nitrogens is 2. The van der Waals surface area contributed by atoms with E-state index in [0.29, 0.717) is 0 Å². The lowest BCUT2D eigenvalue weighted by atomic mass is 10.0. The number of hydrogen-bond acceptors (Lipinski definition) is 2. The van der Waals surface area contributed by atoms with Gasteiger partial charge in [0.15, 0.2) is 0 Å². The first-order valence-electron chi connectivity index (χ1n) is 9.02. The van der Waals surface area contributed by atoms with Crippen molar-refractivity contribution >= 4 is 34.0 Å². The molecule has 2 aromatic heterocycles. The van der Waals surface area contributed by atoms with Crippen LogP contribution < -0.4 is 0 Å². The normalized spacial score (nSPS) is 11.7. The molecule has 0 spiro atoms. The van der Waals surface area contributed by atoms with Gasteiger partial charge in [0.1, 0.15) is 11.6 Å². The summed E-state index contributed by atoms with van der Waals surface area (Å²) in [5.41, 5.74) is 3.41. The molecule has 27 heavy (non-hydrogen) atoms. The second-order valence-corrected chi connectivity index (χ2v) is 6.53. The van der Waals surface area contributed by atoms with Gasteiger partial charge in [-0.1, -0.05) is 54.6 Å². The molecule has 5 rings (SSSR count). The van der Waals surface area contributed by atoms with Gasteiger partial charge in [-0.3, -0.25) is 0 Å². The summed E-state index contributed by atoms with van der Waals surface area (Å²) in [5, 5.41) is 2.53. The van der Waals surface area contributed by atoms with Crippen LogP contribution in [-0.2, 0) is 6.54 Å². The maximum absolute atomic E-state index is 5.42. The van der Waals surface area contributed by atoms with E-state index in [2.05, 4.69) is 65.2 Å².